The Labute approximate surface area is 166 Å². The van der Waals surface area contributed by atoms with Crippen molar-refractivity contribution in [2.24, 2.45) is 11.3 Å². The predicted molar refractivity (Wildman–Crippen MR) is 106 cm³/mol. The van der Waals surface area contributed by atoms with Crippen molar-refractivity contribution in [1.82, 2.24) is 0 Å². The highest BCUT2D eigenvalue weighted by Gasteiger charge is 2.43. The molecule has 2 heterocycles. The molecular weight excluding hydrogens is 390 g/mol. The van der Waals surface area contributed by atoms with Crippen LogP contribution in [0, 0.1) is 11.3 Å². The molecule has 1 spiro atoms. The van der Waals surface area contributed by atoms with Crippen LogP contribution in [0.4, 0.5) is 0 Å². The van der Waals surface area contributed by atoms with Crippen molar-refractivity contribution in [3.8, 4) is 0 Å². The van der Waals surface area contributed by atoms with E-state index in [0.29, 0.717) is 46.2 Å². The normalized spacial score (nSPS) is 28.9. The monoisotopic (exact) mass is 426 g/mol. The number of hydrogen-bond donors (Lipinski definition) is 0. The second-order valence-corrected chi connectivity index (χ2v) is 10.1. The van der Waals surface area contributed by atoms with E-state index in [1.807, 2.05) is 0 Å². The van der Waals surface area contributed by atoms with Gasteiger partial charge >= 0.3 is 17.2 Å². The lowest BCUT2D eigenvalue weighted by Crippen LogP contribution is -2.44. The molecule has 160 valence electrons. The second kappa shape index (κ2) is 13.7. The molecule has 2 fully saturated rings. The molecule has 0 aromatic heterocycles. The summed E-state index contributed by atoms with van der Waals surface area (Å²) in [5.41, 5.74) is -0.248. The van der Waals surface area contributed by atoms with Crippen molar-refractivity contribution in [2.75, 3.05) is 53.4 Å². The number of rotatable bonds is 13. The molecule has 2 aliphatic rings. The average Bonchev–Trinajstić information content (AvgIpc) is 2.67. The predicted octanol–water partition coefficient (Wildman–Crippen LogP) is 5.20. The molecule has 9 heteroatoms. The number of unbranched alkanes of at least 4 members (excludes halogenated alkanes) is 4. The van der Waals surface area contributed by atoms with E-state index in [1.54, 1.807) is 7.11 Å². The Balaban J connectivity index is 1.47. The van der Waals surface area contributed by atoms with Crippen LogP contribution >= 0.6 is 17.2 Å². The zero-order valence-electron chi connectivity index (χ0n) is 17.0. The summed E-state index contributed by atoms with van der Waals surface area (Å²) < 4.78 is 39.1. The van der Waals surface area contributed by atoms with Gasteiger partial charge in [0.25, 0.3) is 0 Å². The standard InChI is InChI=1S/C18H36O7P2/c1-17(2)9-7-5-4-6-8-10-20-26-22-13-18(14-23-26)15-24-27(25-16-18)21-12-11-19-3/h17H,4-16H2,1-3H3. The summed E-state index contributed by atoms with van der Waals surface area (Å²) in [4.78, 5) is 0. The minimum atomic E-state index is -1.28. The Morgan fingerprint density at radius 1 is 0.741 bits per heavy atom. The van der Waals surface area contributed by atoms with Gasteiger partial charge in [-0.05, 0) is 12.3 Å². The Hall–Kier alpha value is 0.580. The molecule has 0 aromatic carbocycles. The molecule has 0 unspecified atom stereocenters. The van der Waals surface area contributed by atoms with Gasteiger partial charge in [-0.15, -0.1) is 0 Å². The van der Waals surface area contributed by atoms with Gasteiger partial charge in [0.1, 0.15) is 0 Å². The summed E-state index contributed by atoms with van der Waals surface area (Å²) in [7, 11) is -0.881. The first kappa shape index (κ1) is 23.9. The molecule has 7 nitrogen and oxygen atoms in total. The molecular formula is C18H36O7P2. The lowest BCUT2D eigenvalue weighted by atomic mass is 9.93. The second-order valence-electron chi connectivity index (χ2n) is 7.65. The Morgan fingerprint density at radius 2 is 1.26 bits per heavy atom. The maximum Gasteiger partial charge on any atom is 0.332 e. The Morgan fingerprint density at radius 3 is 1.81 bits per heavy atom. The quantitative estimate of drug-likeness (QED) is 0.296. The van der Waals surface area contributed by atoms with Crippen LogP contribution in [-0.2, 0) is 31.9 Å². The van der Waals surface area contributed by atoms with Crippen LogP contribution in [0.3, 0.4) is 0 Å². The maximum absolute atomic E-state index is 5.78. The third-order valence-electron chi connectivity index (χ3n) is 4.51. The summed E-state index contributed by atoms with van der Waals surface area (Å²) >= 11 is 0. The first-order valence-corrected chi connectivity index (χ1v) is 12.2. The number of methoxy groups -OCH3 is 1. The van der Waals surface area contributed by atoms with Gasteiger partial charge in [-0.25, -0.2) is 0 Å². The molecule has 0 atom stereocenters. The maximum atomic E-state index is 5.78. The van der Waals surface area contributed by atoms with Crippen molar-refractivity contribution in [1.29, 1.82) is 0 Å². The smallest absolute Gasteiger partial charge is 0.332 e. The van der Waals surface area contributed by atoms with E-state index in [0.717, 1.165) is 12.3 Å². The van der Waals surface area contributed by atoms with E-state index < -0.39 is 17.2 Å². The third-order valence-corrected chi connectivity index (χ3v) is 6.66. The van der Waals surface area contributed by atoms with E-state index >= 15 is 0 Å². The van der Waals surface area contributed by atoms with Crippen molar-refractivity contribution in [2.45, 2.75) is 52.4 Å². The Kier molecular flexibility index (Phi) is 12.1. The fourth-order valence-corrected chi connectivity index (χ4v) is 5.22. The van der Waals surface area contributed by atoms with E-state index in [-0.39, 0.29) is 5.41 Å². The van der Waals surface area contributed by atoms with Crippen molar-refractivity contribution >= 4 is 17.2 Å². The molecule has 0 aliphatic carbocycles. The third kappa shape index (κ3) is 9.75. The van der Waals surface area contributed by atoms with Crippen molar-refractivity contribution in [3.63, 3.8) is 0 Å². The van der Waals surface area contributed by atoms with Crippen LogP contribution < -0.4 is 0 Å². The summed E-state index contributed by atoms with van der Waals surface area (Å²) in [6.45, 7) is 8.38. The van der Waals surface area contributed by atoms with Gasteiger partial charge in [-0.3, -0.25) is 0 Å². The lowest BCUT2D eigenvalue weighted by molar-refractivity contribution is -0.0769. The molecule has 0 N–H and O–H groups in total. The average molecular weight is 426 g/mol. The van der Waals surface area contributed by atoms with Crippen LogP contribution in [0.25, 0.3) is 0 Å². The lowest BCUT2D eigenvalue weighted by Gasteiger charge is -2.41. The van der Waals surface area contributed by atoms with Gasteiger partial charge in [-0.1, -0.05) is 46.0 Å². The highest BCUT2D eigenvalue weighted by atomic mass is 31.2. The topological polar surface area (TPSA) is 64.6 Å². The zero-order valence-corrected chi connectivity index (χ0v) is 18.8. The fourth-order valence-electron chi connectivity index (χ4n) is 2.75. The van der Waals surface area contributed by atoms with Gasteiger partial charge in [0.05, 0.1) is 51.7 Å². The van der Waals surface area contributed by atoms with Crippen molar-refractivity contribution in [3.05, 3.63) is 0 Å². The van der Waals surface area contributed by atoms with E-state index in [2.05, 4.69) is 13.8 Å². The molecule has 0 saturated carbocycles. The molecule has 0 amide bonds. The largest absolute Gasteiger partial charge is 0.382 e. The van der Waals surface area contributed by atoms with Gasteiger partial charge in [0.2, 0.25) is 0 Å². The minimum Gasteiger partial charge on any atom is -0.382 e. The molecule has 2 rings (SSSR count). The summed E-state index contributed by atoms with van der Waals surface area (Å²) in [6.07, 6.45) is 7.54. The van der Waals surface area contributed by atoms with E-state index in [4.69, 9.17) is 31.9 Å². The van der Waals surface area contributed by atoms with Gasteiger partial charge in [0, 0.05) is 7.11 Å². The van der Waals surface area contributed by atoms with Crippen molar-refractivity contribution < 1.29 is 31.9 Å². The molecule has 0 radical (unpaired) electrons. The van der Waals surface area contributed by atoms with Crippen LogP contribution in [0.15, 0.2) is 0 Å². The van der Waals surface area contributed by atoms with E-state index in [9.17, 15) is 0 Å². The first-order valence-electron chi connectivity index (χ1n) is 10.0. The van der Waals surface area contributed by atoms with Gasteiger partial charge in [0.15, 0.2) is 0 Å². The van der Waals surface area contributed by atoms with Crippen LogP contribution in [-0.4, -0.2) is 53.4 Å². The van der Waals surface area contributed by atoms with Gasteiger partial charge < -0.3 is 31.9 Å². The highest BCUT2D eigenvalue weighted by Crippen LogP contribution is 2.52. The summed E-state index contributed by atoms with van der Waals surface area (Å²) in [6, 6.07) is 0. The van der Waals surface area contributed by atoms with Crippen LogP contribution in [0.5, 0.6) is 0 Å². The molecule has 2 saturated heterocycles. The first-order chi connectivity index (χ1) is 13.1. The number of hydrogen-bond acceptors (Lipinski definition) is 7. The van der Waals surface area contributed by atoms with Crippen LogP contribution in [0.2, 0.25) is 0 Å². The zero-order chi connectivity index (χ0) is 19.4. The molecule has 27 heavy (non-hydrogen) atoms. The molecule has 0 bridgehead atoms. The SMILES string of the molecule is COCCOP1OCC2(COP(OCCCCCCCC(C)C)OC2)CO1. The molecule has 0 aromatic rings. The minimum absolute atomic E-state index is 0.248. The summed E-state index contributed by atoms with van der Waals surface area (Å²) in [5, 5.41) is 0. The van der Waals surface area contributed by atoms with Crippen LogP contribution in [0.1, 0.15) is 52.4 Å². The van der Waals surface area contributed by atoms with Gasteiger partial charge in [-0.2, -0.15) is 0 Å². The summed E-state index contributed by atoms with van der Waals surface area (Å²) in [5.74, 6) is 0.815. The molecule has 2 aliphatic heterocycles. The fraction of sp³-hybridized carbons (Fsp3) is 1.00. The Bertz CT molecular complexity index is 369. The number of ether oxygens (including phenoxy) is 1. The highest BCUT2D eigenvalue weighted by molar-refractivity contribution is 7.42. The van der Waals surface area contributed by atoms with E-state index in [1.165, 1.54) is 32.1 Å².